The summed E-state index contributed by atoms with van der Waals surface area (Å²) in [4.78, 5) is 12.6. The smallest absolute Gasteiger partial charge is 0.241 e. The third-order valence-corrected chi connectivity index (χ3v) is 5.19. The number of nitrogens with one attached hydrogen (secondary N) is 2. The van der Waals surface area contributed by atoms with Crippen LogP contribution in [0.2, 0.25) is 0 Å². The van der Waals surface area contributed by atoms with Gasteiger partial charge in [0.05, 0.1) is 11.7 Å². The Morgan fingerprint density at radius 1 is 1.23 bits per heavy atom. The van der Waals surface area contributed by atoms with Crippen molar-refractivity contribution in [1.29, 1.82) is 0 Å². The van der Waals surface area contributed by atoms with E-state index in [2.05, 4.69) is 10.6 Å². The number of rotatable bonds is 3. The van der Waals surface area contributed by atoms with Gasteiger partial charge in [0.15, 0.2) is 0 Å². The fourth-order valence-corrected chi connectivity index (χ4v) is 4.01. The summed E-state index contributed by atoms with van der Waals surface area (Å²) < 4.78 is 13.9. The van der Waals surface area contributed by atoms with E-state index >= 15 is 0 Å². The van der Waals surface area contributed by atoms with Crippen LogP contribution in [-0.4, -0.2) is 18.5 Å². The topological polar surface area (TPSA) is 41.1 Å². The molecule has 0 radical (unpaired) electrons. The van der Waals surface area contributed by atoms with E-state index in [1.165, 1.54) is 38.2 Å². The first-order valence-corrected chi connectivity index (χ1v) is 8.45. The molecule has 0 aromatic heterocycles. The van der Waals surface area contributed by atoms with Crippen molar-refractivity contribution in [1.82, 2.24) is 5.32 Å². The van der Waals surface area contributed by atoms with Gasteiger partial charge >= 0.3 is 0 Å². The number of hydrogen-bond acceptors (Lipinski definition) is 2. The van der Waals surface area contributed by atoms with Crippen LogP contribution in [0.1, 0.15) is 44.1 Å². The lowest BCUT2D eigenvalue weighted by Gasteiger charge is -2.30. The standard InChI is InChI=1S/C18H25FN2O/c1-12-7-8-16(15(19)11-12)21-18(22)17-14(9-10-20-17)13-5-3-2-4-6-13/h7-8,11,13-14,17,20H,2-6,9-10H2,1H3,(H,21,22)/t14?,17-/m0/s1. The van der Waals surface area contributed by atoms with Gasteiger partial charge in [-0.1, -0.05) is 38.2 Å². The number of benzene rings is 1. The second kappa shape index (κ2) is 6.78. The fraction of sp³-hybridized carbons (Fsp3) is 0.611. The molecule has 3 rings (SSSR count). The summed E-state index contributed by atoms with van der Waals surface area (Å²) in [6.07, 6.45) is 7.40. The average molecular weight is 304 g/mol. The van der Waals surface area contributed by atoms with Gasteiger partial charge in [-0.05, 0) is 49.4 Å². The summed E-state index contributed by atoms with van der Waals surface area (Å²) in [6, 6.07) is 4.74. The van der Waals surface area contributed by atoms with Crippen molar-refractivity contribution in [2.45, 2.75) is 51.5 Å². The van der Waals surface area contributed by atoms with Crippen LogP contribution in [0.5, 0.6) is 0 Å². The van der Waals surface area contributed by atoms with Gasteiger partial charge in [-0.25, -0.2) is 4.39 Å². The van der Waals surface area contributed by atoms with E-state index in [4.69, 9.17) is 0 Å². The average Bonchev–Trinajstić information content (AvgIpc) is 3.00. The van der Waals surface area contributed by atoms with Gasteiger partial charge < -0.3 is 10.6 Å². The molecule has 1 amide bonds. The molecule has 4 heteroatoms. The number of aryl methyl sites for hydroxylation is 1. The van der Waals surface area contributed by atoms with Gasteiger partial charge in [0.2, 0.25) is 5.91 Å². The normalized spacial score (nSPS) is 26.1. The van der Waals surface area contributed by atoms with Crippen molar-refractivity contribution in [3.05, 3.63) is 29.6 Å². The zero-order valence-corrected chi connectivity index (χ0v) is 13.2. The molecular formula is C18H25FN2O. The summed E-state index contributed by atoms with van der Waals surface area (Å²) in [5, 5.41) is 6.09. The van der Waals surface area contributed by atoms with Crippen molar-refractivity contribution < 1.29 is 9.18 Å². The molecule has 1 aromatic rings. The lowest BCUT2D eigenvalue weighted by atomic mass is 9.76. The Balaban J connectivity index is 1.67. The van der Waals surface area contributed by atoms with Gasteiger partial charge in [0.25, 0.3) is 0 Å². The third-order valence-electron chi connectivity index (χ3n) is 5.19. The maximum Gasteiger partial charge on any atom is 0.241 e. The van der Waals surface area contributed by atoms with Crippen LogP contribution in [0.15, 0.2) is 18.2 Å². The van der Waals surface area contributed by atoms with Crippen LogP contribution in [0.25, 0.3) is 0 Å². The molecular weight excluding hydrogens is 279 g/mol. The van der Waals surface area contributed by atoms with Crippen LogP contribution in [0.3, 0.4) is 0 Å². The Morgan fingerprint density at radius 3 is 2.73 bits per heavy atom. The quantitative estimate of drug-likeness (QED) is 0.895. The number of carbonyl (C=O) groups is 1. The minimum Gasteiger partial charge on any atom is -0.322 e. The molecule has 1 saturated heterocycles. The van der Waals surface area contributed by atoms with E-state index in [1.54, 1.807) is 6.07 Å². The molecule has 22 heavy (non-hydrogen) atoms. The second-order valence-electron chi connectivity index (χ2n) is 6.75. The Morgan fingerprint density at radius 2 is 2.00 bits per heavy atom. The van der Waals surface area contributed by atoms with Crippen LogP contribution in [-0.2, 0) is 4.79 Å². The van der Waals surface area contributed by atoms with E-state index in [9.17, 15) is 9.18 Å². The summed E-state index contributed by atoms with van der Waals surface area (Å²) >= 11 is 0. The van der Waals surface area contributed by atoms with E-state index in [0.29, 0.717) is 11.8 Å². The Labute approximate surface area is 131 Å². The number of halogens is 1. The molecule has 2 fully saturated rings. The molecule has 1 saturated carbocycles. The highest BCUT2D eigenvalue weighted by atomic mass is 19.1. The summed E-state index contributed by atoms with van der Waals surface area (Å²) in [5.74, 6) is 0.590. The Kier molecular flexibility index (Phi) is 4.77. The first-order valence-electron chi connectivity index (χ1n) is 8.45. The molecule has 1 heterocycles. The summed E-state index contributed by atoms with van der Waals surface area (Å²) in [6.45, 7) is 2.72. The lowest BCUT2D eigenvalue weighted by Crippen LogP contribution is -2.42. The predicted molar refractivity (Wildman–Crippen MR) is 86.2 cm³/mol. The summed E-state index contributed by atoms with van der Waals surface area (Å²) in [7, 11) is 0. The van der Waals surface area contributed by atoms with Gasteiger partial charge in [0, 0.05) is 0 Å². The molecule has 2 N–H and O–H groups in total. The van der Waals surface area contributed by atoms with Crippen molar-refractivity contribution in [2.24, 2.45) is 11.8 Å². The maximum atomic E-state index is 13.9. The molecule has 0 bridgehead atoms. The highest BCUT2D eigenvalue weighted by Gasteiger charge is 2.38. The van der Waals surface area contributed by atoms with Crippen molar-refractivity contribution in [2.75, 3.05) is 11.9 Å². The largest absolute Gasteiger partial charge is 0.322 e. The monoisotopic (exact) mass is 304 g/mol. The lowest BCUT2D eigenvalue weighted by molar-refractivity contribution is -0.119. The number of hydrogen-bond donors (Lipinski definition) is 2. The predicted octanol–water partition coefficient (Wildman–Crippen LogP) is 3.63. The van der Waals surface area contributed by atoms with E-state index in [-0.39, 0.29) is 23.5 Å². The zero-order valence-electron chi connectivity index (χ0n) is 13.2. The third kappa shape index (κ3) is 3.32. The molecule has 3 nitrogen and oxygen atoms in total. The van der Waals surface area contributed by atoms with Crippen LogP contribution in [0, 0.1) is 24.6 Å². The second-order valence-corrected chi connectivity index (χ2v) is 6.75. The van der Waals surface area contributed by atoms with Gasteiger partial charge in [-0.2, -0.15) is 0 Å². The van der Waals surface area contributed by atoms with E-state index in [0.717, 1.165) is 18.5 Å². The molecule has 1 aliphatic heterocycles. The number of amides is 1. The molecule has 1 aliphatic carbocycles. The van der Waals surface area contributed by atoms with Crippen molar-refractivity contribution in [3.8, 4) is 0 Å². The first-order chi connectivity index (χ1) is 10.6. The minimum absolute atomic E-state index is 0.0872. The Hall–Kier alpha value is -1.42. The number of anilines is 1. The highest BCUT2D eigenvalue weighted by Crippen LogP contribution is 2.36. The molecule has 2 aliphatic rings. The van der Waals surface area contributed by atoms with E-state index < -0.39 is 0 Å². The van der Waals surface area contributed by atoms with Gasteiger partial charge in [-0.15, -0.1) is 0 Å². The fourth-order valence-electron chi connectivity index (χ4n) is 4.01. The molecule has 120 valence electrons. The Bertz CT molecular complexity index is 540. The van der Waals surface area contributed by atoms with Crippen LogP contribution in [0.4, 0.5) is 10.1 Å². The molecule has 2 atom stereocenters. The van der Waals surface area contributed by atoms with Gasteiger partial charge in [-0.3, -0.25) is 4.79 Å². The van der Waals surface area contributed by atoms with Crippen molar-refractivity contribution >= 4 is 11.6 Å². The van der Waals surface area contributed by atoms with Crippen LogP contribution >= 0.6 is 0 Å². The van der Waals surface area contributed by atoms with Crippen LogP contribution < -0.4 is 10.6 Å². The zero-order chi connectivity index (χ0) is 15.5. The SMILES string of the molecule is Cc1ccc(NC(=O)[C@H]2NCCC2C2CCCCC2)c(F)c1. The number of carbonyl (C=O) groups excluding carboxylic acids is 1. The maximum absolute atomic E-state index is 13.9. The van der Waals surface area contributed by atoms with Gasteiger partial charge in [0.1, 0.15) is 5.82 Å². The minimum atomic E-state index is -0.361. The molecule has 1 unspecified atom stereocenters. The van der Waals surface area contributed by atoms with Crippen molar-refractivity contribution in [3.63, 3.8) is 0 Å². The molecule has 0 spiro atoms. The first kappa shape index (κ1) is 15.5. The highest BCUT2D eigenvalue weighted by molar-refractivity contribution is 5.95. The molecule has 1 aromatic carbocycles. The summed E-state index contributed by atoms with van der Waals surface area (Å²) in [5.41, 5.74) is 1.14. The van der Waals surface area contributed by atoms with E-state index in [1.807, 2.05) is 13.0 Å².